The first-order valence-electron chi connectivity index (χ1n) is 13.9. The molecule has 0 aliphatic carbocycles. The van der Waals surface area contributed by atoms with Crippen LogP contribution in [0.5, 0.6) is 11.5 Å². The number of amides is 1. The fourth-order valence-electron chi connectivity index (χ4n) is 4.48. The molecular formula is C34H27BrN4O7. The maximum Gasteiger partial charge on any atom is 0.336 e. The summed E-state index contributed by atoms with van der Waals surface area (Å²) in [5, 5.41) is 15.0. The van der Waals surface area contributed by atoms with Gasteiger partial charge < -0.3 is 18.5 Å². The molecule has 5 aromatic rings. The Balaban J connectivity index is 1.15. The number of hydrogen-bond acceptors (Lipinski definition) is 8. The summed E-state index contributed by atoms with van der Waals surface area (Å²) in [6, 6.07) is 25.7. The Hall–Kier alpha value is -5.75. The summed E-state index contributed by atoms with van der Waals surface area (Å²) in [7, 11) is 0. The topological polar surface area (TPSA) is 138 Å². The quantitative estimate of drug-likeness (QED) is 0.0385. The number of hydrogen-bond donors (Lipinski definition) is 1. The summed E-state index contributed by atoms with van der Waals surface area (Å²) in [6.07, 6.45) is 3.89. The number of carbonyl (C=O) groups is 2. The van der Waals surface area contributed by atoms with Crippen molar-refractivity contribution < 1.29 is 28.4 Å². The van der Waals surface area contributed by atoms with Crippen molar-refractivity contribution in [2.75, 3.05) is 0 Å². The maximum atomic E-state index is 12.6. The number of nitrogens with zero attached hydrogens (tertiary/aromatic N) is 3. The smallest absolute Gasteiger partial charge is 0.336 e. The molecule has 0 bridgehead atoms. The lowest BCUT2D eigenvalue weighted by atomic mass is 10.2. The predicted molar refractivity (Wildman–Crippen MR) is 175 cm³/mol. The Labute approximate surface area is 272 Å². The van der Waals surface area contributed by atoms with Crippen LogP contribution in [0.2, 0.25) is 0 Å². The molecule has 12 heteroatoms. The Bertz CT molecular complexity index is 1940. The van der Waals surface area contributed by atoms with Gasteiger partial charge in [0.05, 0.1) is 11.1 Å². The third-order valence-electron chi connectivity index (χ3n) is 6.68. The molecule has 232 valence electrons. The van der Waals surface area contributed by atoms with Gasteiger partial charge in [-0.1, -0.05) is 28.1 Å². The van der Waals surface area contributed by atoms with Gasteiger partial charge in [0, 0.05) is 45.3 Å². The van der Waals surface area contributed by atoms with Crippen LogP contribution in [0.3, 0.4) is 0 Å². The lowest BCUT2D eigenvalue weighted by Crippen LogP contribution is -2.17. The highest BCUT2D eigenvalue weighted by Crippen LogP contribution is 2.23. The monoisotopic (exact) mass is 682 g/mol. The SMILES string of the molecule is Cc1ccc(C)n1-c1ccc(OCc2ccc(C(=O)N/N=C\c3cc(Br)ccc3OC(=O)/C=C/c3cccc([N+](=O)[O-])c3)o2)cc1. The second kappa shape index (κ2) is 14.4. The highest BCUT2D eigenvalue weighted by molar-refractivity contribution is 9.10. The standard InChI is InChI=1S/C34H27BrN4O7/c1-22-6-7-23(2)38(22)27-10-12-29(13-11-27)44-21-30-14-16-32(45-30)34(41)37-36-20-25-19-26(35)9-15-31(25)46-33(40)17-8-24-4-3-5-28(18-24)39(42)43/h3-20H,21H2,1-2H3,(H,37,41)/b17-8+,36-20-. The van der Waals surface area contributed by atoms with Crippen molar-refractivity contribution in [2.45, 2.75) is 20.5 Å². The van der Waals surface area contributed by atoms with Gasteiger partial charge in [0.25, 0.3) is 5.69 Å². The number of nitro benzene ring substituents is 1. The zero-order valence-corrected chi connectivity index (χ0v) is 26.3. The van der Waals surface area contributed by atoms with Gasteiger partial charge in [-0.3, -0.25) is 14.9 Å². The number of aromatic nitrogens is 1. The summed E-state index contributed by atoms with van der Waals surface area (Å²) >= 11 is 3.37. The Kier molecular flexibility index (Phi) is 9.88. The number of ether oxygens (including phenoxy) is 2. The number of nitro groups is 1. The number of carbonyl (C=O) groups excluding carboxylic acids is 2. The Morgan fingerprint density at radius 1 is 1.00 bits per heavy atom. The molecule has 0 radical (unpaired) electrons. The maximum absolute atomic E-state index is 12.6. The fraction of sp³-hybridized carbons (Fsp3) is 0.0882. The van der Waals surface area contributed by atoms with E-state index in [-0.39, 0.29) is 23.8 Å². The van der Waals surface area contributed by atoms with Gasteiger partial charge in [-0.25, -0.2) is 10.2 Å². The minimum atomic E-state index is -0.708. The van der Waals surface area contributed by atoms with E-state index in [0.717, 1.165) is 23.2 Å². The molecular weight excluding hydrogens is 656 g/mol. The number of furan rings is 1. The van der Waals surface area contributed by atoms with Gasteiger partial charge >= 0.3 is 11.9 Å². The van der Waals surface area contributed by atoms with Crippen LogP contribution in [0.4, 0.5) is 5.69 Å². The molecule has 1 amide bonds. The molecule has 0 aliphatic heterocycles. The van der Waals surface area contributed by atoms with E-state index in [2.05, 4.69) is 57.0 Å². The van der Waals surface area contributed by atoms with Gasteiger partial charge in [-0.15, -0.1) is 0 Å². The van der Waals surface area contributed by atoms with E-state index in [4.69, 9.17) is 13.9 Å². The van der Waals surface area contributed by atoms with Crippen LogP contribution in [0.15, 0.2) is 111 Å². The van der Waals surface area contributed by atoms with Crippen LogP contribution in [0.25, 0.3) is 11.8 Å². The first-order chi connectivity index (χ1) is 22.2. The van der Waals surface area contributed by atoms with E-state index < -0.39 is 16.8 Å². The number of aryl methyl sites for hydroxylation is 2. The van der Waals surface area contributed by atoms with Crippen LogP contribution in [0, 0.1) is 24.0 Å². The van der Waals surface area contributed by atoms with Crippen molar-refractivity contribution in [1.82, 2.24) is 9.99 Å². The largest absolute Gasteiger partial charge is 0.486 e. The molecule has 3 aromatic carbocycles. The number of benzene rings is 3. The highest BCUT2D eigenvalue weighted by atomic mass is 79.9. The van der Waals surface area contributed by atoms with Gasteiger partial charge in [0.1, 0.15) is 23.9 Å². The van der Waals surface area contributed by atoms with E-state index >= 15 is 0 Å². The highest BCUT2D eigenvalue weighted by Gasteiger charge is 2.13. The third-order valence-corrected chi connectivity index (χ3v) is 7.17. The number of hydrazone groups is 1. The molecule has 1 N–H and O–H groups in total. The van der Waals surface area contributed by atoms with Gasteiger partial charge in [0.2, 0.25) is 0 Å². The van der Waals surface area contributed by atoms with Crippen molar-refractivity contribution in [3.8, 4) is 17.2 Å². The molecule has 11 nitrogen and oxygen atoms in total. The Morgan fingerprint density at radius 3 is 2.50 bits per heavy atom. The third kappa shape index (κ3) is 8.04. The van der Waals surface area contributed by atoms with Crippen molar-refractivity contribution in [3.05, 3.63) is 146 Å². The number of halogens is 1. The van der Waals surface area contributed by atoms with Crippen molar-refractivity contribution >= 4 is 45.8 Å². The van der Waals surface area contributed by atoms with E-state index in [1.165, 1.54) is 36.6 Å². The number of nitrogens with one attached hydrogen (secondary N) is 1. The fourth-order valence-corrected chi connectivity index (χ4v) is 4.86. The van der Waals surface area contributed by atoms with Crippen LogP contribution in [0.1, 0.15) is 38.8 Å². The first-order valence-corrected chi connectivity index (χ1v) is 14.7. The lowest BCUT2D eigenvalue weighted by molar-refractivity contribution is -0.384. The van der Waals surface area contributed by atoms with Crippen LogP contribution in [-0.4, -0.2) is 27.6 Å². The molecule has 5 rings (SSSR count). The van der Waals surface area contributed by atoms with Crippen LogP contribution < -0.4 is 14.9 Å². The van der Waals surface area contributed by atoms with Crippen molar-refractivity contribution in [1.29, 1.82) is 0 Å². The average Bonchev–Trinajstić information content (AvgIpc) is 3.66. The predicted octanol–water partition coefficient (Wildman–Crippen LogP) is 7.32. The van der Waals surface area contributed by atoms with Crippen LogP contribution >= 0.6 is 15.9 Å². The molecule has 0 aliphatic rings. The van der Waals surface area contributed by atoms with E-state index in [1.54, 1.807) is 30.3 Å². The van der Waals surface area contributed by atoms with Crippen LogP contribution in [-0.2, 0) is 11.4 Å². The zero-order chi connectivity index (χ0) is 32.6. The Morgan fingerprint density at radius 2 is 1.76 bits per heavy atom. The van der Waals surface area contributed by atoms with Crippen molar-refractivity contribution in [3.63, 3.8) is 0 Å². The number of esters is 1. The van der Waals surface area contributed by atoms with Gasteiger partial charge in [-0.05, 0) is 92.2 Å². The summed E-state index contributed by atoms with van der Waals surface area (Å²) in [5.74, 6) is 0.0337. The summed E-state index contributed by atoms with van der Waals surface area (Å²) < 4.78 is 19.7. The zero-order valence-electron chi connectivity index (χ0n) is 24.7. The number of non-ortho nitro benzene ring substituents is 1. The normalized spacial score (nSPS) is 11.2. The molecule has 0 fully saturated rings. The number of rotatable bonds is 11. The molecule has 0 unspecified atom stereocenters. The molecule has 2 heterocycles. The minimum absolute atomic E-state index is 0.0387. The molecule has 0 saturated heterocycles. The first kappa shape index (κ1) is 31.7. The van der Waals surface area contributed by atoms with E-state index in [1.807, 2.05) is 24.3 Å². The van der Waals surface area contributed by atoms with E-state index in [0.29, 0.717) is 27.1 Å². The summed E-state index contributed by atoms with van der Waals surface area (Å²) in [5.41, 5.74) is 6.48. The average molecular weight is 684 g/mol. The molecule has 0 spiro atoms. The lowest BCUT2D eigenvalue weighted by Gasteiger charge is -2.10. The summed E-state index contributed by atoms with van der Waals surface area (Å²) in [6.45, 7) is 4.23. The minimum Gasteiger partial charge on any atom is -0.486 e. The molecule has 2 aromatic heterocycles. The molecule has 46 heavy (non-hydrogen) atoms. The second-order valence-corrected chi connectivity index (χ2v) is 10.9. The van der Waals surface area contributed by atoms with E-state index in [9.17, 15) is 19.7 Å². The van der Waals surface area contributed by atoms with Crippen molar-refractivity contribution in [2.24, 2.45) is 5.10 Å². The molecule has 0 atom stereocenters. The second-order valence-electron chi connectivity index (χ2n) is 9.99. The molecule has 0 saturated carbocycles. The van der Waals surface area contributed by atoms with Gasteiger partial charge in [-0.2, -0.15) is 5.10 Å². The van der Waals surface area contributed by atoms with Gasteiger partial charge in [0.15, 0.2) is 5.76 Å². The summed E-state index contributed by atoms with van der Waals surface area (Å²) in [4.78, 5) is 35.5.